The second kappa shape index (κ2) is 8.14. The van der Waals surface area contributed by atoms with Crippen LogP contribution in [-0.2, 0) is 23.0 Å². The number of sulfonamides is 1. The number of anilines is 1. The van der Waals surface area contributed by atoms with Gasteiger partial charge in [0.05, 0.1) is 4.90 Å². The zero-order valence-electron chi connectivity index (χ0n) is 14.6. The fraction of sp³-hybridized carbons (Fsp3) is 0.158. The molecule has 0 unspecified atom stereocenters. The first-order valence-electron chi connectivity index (χ1n) is 8.37. The Morgan fingerprint density at radius 2 is 1.64 bits per heavy atom. The summed E-state index contributed by atoms with van der Waals surface area (Å²) in [4.78, 5) is 22.5. The molecule has 0 heterocycles. The molecule has 7 nitrogen and oxygen atoms in total. The quantitative estimate of drug-likeness (QED) is 0.479. The minimum atomic E-state index is -3.62. The van der Waals surface area contributed by atoms with Crippen molar-refractivity contribution in [3.05, 3.63) is 85.1 Å². The highest BCUT2D eigenvalue weighted by Gasteiger charge is 2.19. The molecule has 0 aliphatic heterocycles. The summed E-state index contributed by atoms with van der Waals surface area (Å²) in [5, 5.41) is 12.6. The molecule has 0 fully saturated rings. The van der Waals surface area contributed by atoms with E-state index in [1.807, 2.05) is 24.3 Å². The summed E-state index contributed by atoms with van der Waals surface area (Å²) in [5.41, 5.74) is 0.0263. The van der Waals surface area contributed by atoms with Crippen molar-refractivity contribution in [3.8, 4) is 5.75 Å². The summed E-state index contributed by atoms with van der Waals surface area (Å²) in [6, 6.07) is 13.2. The average molecular weight is 421 g/mol. The summed E-state index contributed by atoms with van der Waals surface area (Å²) < 4.78 is 27.0. The van der Waals surface area contributed by atoms with E-state index < -0.39 is 26.6 Å². The first kappa shape index (κ1) is 20.1. The van der Waals surface area contributed by atoms with Gasteiger partial charge in [0.1, 0.15) is 5.69 Å². The largest absolute Gasteiger partial charge is 0.502 e. The van der Waals surface area contributed by atoms with Crippen molar-refractivity contribution in [3.63, 3.8) is 0 Å². The Morgan fingerprint density at radius 1 is 0.964 bits per heavy atom. The van der Waals surface area contributed by atoms with Crippen LogP contribution in [0.3, 0.4) is 0 Å². The lowest BCUT2D eigenvalue weighted by molar-refractivity contribution is 0.465. The van der Waals surface area contributed by atoms with Crippen molar-refractivity contribution in [2.75, 3.05) is 11.9 Å². The molecule has 3 rings (SSSR count). The minimum Gasteiger partial charge on any atom is -0.502 e. The predicted molar refractivity (Wildman–Crippen MR) is 107 cm³/mol. The van der Waals surface area contributed by atoms with E-state index in [-0.39, 0.29) is 23.7 Å². The lowest BCUT2D eigenvalue weighted by Crippen LogP contribution is -2.33. The van der Waals surface area contributed by atoms with Crippen LogP contribution in [0, 0.1) is 0 Å². The Hall–Kier alpha value is -2.68. The van der Waals surface area contributed by atoms with Gasteiger partial charge in [0.15, 0.2) is 5.75 Å². The van der Waals surface area contributed by atoms with E-state index in [9.17, 15) is 23.1 Å². The third-order valence-corrected chi connectivity index (χ3v) is 5.90. The van der Waals surface area contributed by atoms with Gasteiger partial charge in [-0.2, -0.15) is 0 Å². The van der Waals surface area contributed by atoms with E-state index in [0.717, 1.165) is 11.1 Å². The number of hydrogen-bond acceptors (Lipinski definition) is 6. The molecular weight excluding hydrogens is 404 g/mol. The smallest absolute Gasteiger partial charge is 0.271 e. The van der Waals surface area contributed by atoms with Gasteiger partial charge in [-0.15, -0.1) is 0 Å². The summed E-state index contributed by atoms with van der Waals surface area (Å²) in [7, 11) is -3.62. The van der Waals surface area contributed by atoms with Crippen LogP contribution >= 0.6 is 11.6 Å². The van der Waals surface area contributed by atoms with Gasteiger partial charge in [0.2, 0.25) is 10.0 Å². The van der Waals surface area contributed by atoms with Gasteiger partial charge in [0.25, 0.3) is 10.9 Å². The molecule has 0 aromatic heterocycles. The number of halogens is 1. The number of benzene rings is 2. The molecule has 0 spiro atoms. The lowest BCUT2D eigenvalue weighted by atomic mass is 10.1. The van der Waals surface area contributed by atoms with E-state index in [2.05, 4.69) is 10.0 Å². The normalized spacial score (nSPS) is 11.6. The van der Waals surface area contributed by atoms with Crippen molar-refractivity contribution in [1.82, 2.24) is 4.72 Å². The molecule has 0 amide bonds. The maximum atomic E-state index is 12.3. The standard InChI is InChI=1S/C19H17ClN2O5S/c20-14-4-6-15(7-5-14)28(26,27)22-9-8-12-2-1-3-13(10-12)11-21-16-17(23)19(25)18(16)24/h1-7,10,21-23H,8-9,11H2. The van der Waals surface area contributed by atoms with E-state index in [0.29, 0.717) is 11.4 Å². The maximum absolute atomic E-state index is 12.3. The minimum absolute atomic E-state index is 0.0777. The molecule has 0 aliphatic carbocycles. The topological polar surface area (TPSA) is 113 Å². The fourth-order valence-electron chi connectivity index (χ4n) is 2.66. The predicted octanol–water partition coefficient (Wildman–Crippen LogP) is 1.77. The summed E-state index contributed by atoms with van der Waals surface area (Å²) >= 11 is 5.77. The number of hydrogen-bond donors (Lipinski definition) is 3. The second-order valence-corrected chi connectivity index (χ2v) is 8.36. The molecule has 146 valence electrons. The first-order valence-corrected chi connectivity index (χ1v) is 10.2. The van der Waals surface area contributed by atoms with Crippen LogP contribution in [0.25, 0.3) is 0 Å². The Labute approximate surface area is 166 Å². The number of nitrogens with one attached hydrogen (secondary N) is 2. The van der Waals surface area contributed by atoms with Gasteiger partial charge >= 0.3 is 0 Å². The van der Waals surface area contributed by atoms with Crippen molar-refractivity contribution >= 4 is 27.3 Å². The van der Waals surface area contributed by atoms with E-state index in [4.69, 9.17) is 11.6 Å². The number of aromatic hydroxyl groups is 1. The summed E-state index contributed by atoms with van der Waals surface area (Å²) in [6.45, 7) is 0.462. The lowest BCUT2D eigenvalue weighted by Gasteiger charge is -2.10. The van der Waals surface area contributed by atoms with Gasteiger partial charge in [-0.1, -0.05) is 35.9 Å². The second-order valence-electron chi connectivity index (χ2n) is 6.16. The Bertz CT molecular complexity index is 1170. The molecule has 28 heavy (non-hydrogen) atoms. The van der Waals surface area contributed by atoms with Crippen LogP contribution in [0.15, 0.2) is 63.0 Å². The monoisotopic (exact) mass is 420 g/mol. The van der Waals surface area contributed by atoms with Crippen LogP contribution in [0.2, 0.25) is 5.02 Å². The van der Waals surface area contributed by atoms with Gasteiger partial charge in [-0.25, -0.2) is 13.1 Å². The molecule has 0 aliphatic rings. The van der Waals surface area contributed by atoms with E-state index in [1.165, 1.54) is 24.3 Å². The molecule has 3 aromatic rings. The molecule has 0 atom stereocenters. The van der Waals surface area contributed by atoms with Crippen LogP contribution in [0.1, 0.15) is 11.1 Å². The summed E-state index contributed by atoms with van der Waals surface area (Å²) in [5.74, 6) is -0.544. The van der Waals surface area contributed by atoms with Gasteiger partial charge in [-0.3, -0.25) is 9.59 Å². The van der Waals surface area contributed by atoms with Crippen molar-refractivity contribution in [2.24, 2.45) is 0 Å². The molecule has 0 radical (unpaired) electrons. The van der Waals surface area contributed by atoms with Crippen LogP contribution in [-0.4, -0.2) is 20.1 Å². The summed E-state index contributed by atoms with van der Waals surface area (Å²) in [6.07, 6.45) is 0.464. The first-order chi connectivity index (χ1) is 13.3. The molecule has 3 aromatic carbocycles. The van der Waals surface area contributed by atoms with Crippen molar-refractivity contribution in [1.29, 1.82) is 0 Å². The zero-order chi connectivity index (χ0) is 20.3. The van der Waals surface area contributed by atoms with Crippen molar-refractivity contribution < 1.29 is 13.5 Å². The molecule has 0 bridgehead atoms. The molecule has 3 N–H and O–H groups in total. The van der Waals surface area contributed by atoms with Crippen LogP contribution < -0.4 is 20.9 Å². The van der Waals surface area contributed by atoms with Crippen LogP contribution in [0.5, 0.6) is 5.75 Å². The Kier molecular flexibility index (Phi) is 5.83. The van der Waals surface area contributed by atoms with E-state index >= 15 is 0 Å². The molecular formula is C19H17ClN2O5S. The molecule has 9 heteroatoms. The van der Waals surface area contributed by atoms with Gasteiger partial charge in [0, 0.05) is 18.1 Å². The van der Waals surface area contributed by atoms with Gasteiger partial charge < -0.3 is 10.4 Å². The third kappa shape index (κ3) is 4.41. The molecule has 0 saturated carbocycles. The highest BCUT2D eigenvalue weighted by molar-refractivity contribution is 7.89. The molecule has 0 saturated heterocycles. The van der Waals surface area contributed by atoms with E-state index in [1.54, 1.807) is 0 Å². The number of rotatable bonds is 8. The third-order valence-electron chi connectivity index (χ3n) is 4.18. The fourth-order valence-corrected chi connectivity index (χ4v) is 3.81. The highest BCUT2D eigenvalue weighted by Crippen LogP contribution is 2.17. The highest BCUT2D eigenvalue weighted by atomic mass is 35.5. The average Bonchev–Trinajstić information content (AvgIpc) is 2.68. The van der Waals surface area contributed by atoms with Gasteiger partial charge in [-0.05, 0) is 41.8 Å². The Morgan fingerprint density at radius 3 is 2.32 bits per heavy atom. The maximum Gasteiger partial charge on any atom is 0.271 e. The Balaban J connectivity index is 1.57. The van der Waals surface area contributed by atoms with Crippen LogP contribution in [0.4, 0.5) is 5.69 Å². The van der Waals surface area contributed by atoms with Crippen molar-refractivity contribution in [2.45, 2.75) is 17.9 Å². The zero-order valence-corrected chi connectivity index (χ0v) is 16.2. The SMILES string of the molecule is O=c1c(O)c(NCc2cccc(CCNS(=O)(=O)c3ccc(Cl)cc3)c2)c1=O.